The quantitative estimate of drug-likeness (QED) is 0.336. The SMILES string of the molecule is CC(C)c1cc2c(cc1OC(=O)Cc1c[nH]c3ccccc13)[C@@]1(C)CCCC(C)(C)[C@@H]1CC2. The van der Waals surface area contributed by atoms with E-state index in [0.717, 1.165) is 34.2 Å². The van der Waals surface area contributed by atoms with E-state index in [1.807, 2.05) is 24.4 Å². The van der Waals surface area contributed by atoms with Crippen LogP contribution in [0.2, 0.25) is 0 Å². The van der Waals surface area contributed by atoms with E-state index < -0.39 is 0 Å². The Morgan fingerprint density at radius 2 is 1.94 bits per heavy atom. The molecule has 3 aromatic rings. The van der Waals surface area contributed by atoms with Crippen LogP contribution >= 0.6 is 0 Å². The summed E-state index contributed by atoms with van der Waals surface area (Å²) in [5, 5.41) is 1.09. The van der Waals surface area contributed by atoms with Gasteiger partial charge in [0.1, 0.15) is 5.75 Å². The molecule has 2 atom stereocenters. The fourth-order valence-electron chi connectivity index (χ4n) is 6.97. The summed E-state index contributed by atoms with van der Waals surface area (Å²) in [6.45, 7) is 11.7. The van der Waals surface area contributed by atoms with Crippen molar-refractivity contribution in [3.8, 4) is 5.75 Å². The highest BCUT2D eigenvalue weighted by atomic mass is 16.5. The van der Waals surface area contributed by atoms with Crippen molar-refractivity contribution in [1.29, 1.82) is 0 Å². The number of benzene rings is 2. The predicted octanol–water partition coefficient (Wildman–Crippen LogP) is 7.47. The van der Waals surface area contributed by atoms with Crippen LogP contribution in [0, 0.1) is 11.3 Å². The lowest BCUT2D eigenvalue weighted by Crippen LogP contribution is -2.47. The molecule has 0 saturated heterocycles. The maximum atomic E-state index is 13.1. The summed E-state index contributed by atoms with van der Waals surface area (Å²) >= 11 is 0. The first kappa shape index (κ1) is 22.3. The van der Waals surface area contributed by atoms with Gasteiger partial charge in [-0.25, -0.2) is 0 Å². The monoisotopic (exact) mass is 443 g/mol. The van der Waals surface area contributed by atoms with Crippen molar-refractivity contribution in [2.24, 2.45) is 11.3 Å². The van der Waals surface area contributed by atoms with Gasteiger partial charge in [0.25, 0.3) is 0 Å². The molecule has 1 saturated carbocycles. The molecule has 2 aliphatic rings. The van der Waals surface area contributed by atoms with Gasteiger partial charge in [-0.15, -0.1) is 0 Å². The number of aryl methyl sites for hydroxylation is 1. The molecule has 0 bridgehead atoms. The molecule has 3 nitrogen and oxygen atoms in total. The Hall–Kier alpha value is -2.55. The summed E-state index contributed by atoms with van der Waals surface area (Å²) in [5.74, 6) is 1.55. The van der Waals surface area contributed by atoms with Crippen LogP contribution < -0.4 is 4.74 Å². The van der Waals surface area contributed by atoms with Crippen LogP contribution in [0.4, 0.5) is 0 Å². The zero-order valence-electron chi connectivity index (χ0n) is 20.8. The van der Waals surface area contributed by atoms with E-state index in [9.17, 15) is 4.79 Å². The second-order valence-electron chi connectivity index (χ2n) is 11.6. The second-order valence-corrected chi connectivity index (χ2v) is 11.6. The van der Waals surface area contributed by atoms with Gasteiger partial charge in [-0.2, -0.15) is 0 Å². The Balaban J connectivity index is 1.49. The second kappa shape index (κ2) is 8.04. The van der Waals surface area contributed by atoms with E-state index in [-0.39, 0.29) is 17.8 Å². The third-order valence-electron chi connectivity index (χ3n) is 8.64. The molecule has 0 amide bonds. The van der Waals surface area contributed by atoms with Crippen LogP contribution in [0.1, 0.15) is 88.5 Å². The van der Waals surface area contributed by atoms with Gasteiger partial charge < -0.3 is 9.72 Å². The van der Waals surface area contributed by atoms with E-state index in [1.54, 1.807) is 0 Å². The fourth-order valence-corrected chi connectivity index (χ4v) is 6.97. The van der Waals surface area contributed by atoms with Crippen LogP contribution in [-0.4, -0.2) is 11.0 Å². The number of H-pyrrole nitrogens is 1. The Labute approximate surface area is 197 Å². The summed E-state index contributed by atoms with van der Waals surface area (Å²) in [4.78, 5) is 16.4. The molecule has 2 aliphatic carbocycles. The minimum atomic E-state index is -0.192. The molecule has 0 unspecified atom stereocenters. The van der Waals surface area contributed by atoms with E-state index in [2.05, 4.69) is 57.8 Å². The Kier molecular flexibility index (Phi) is 5.42. The number of nitrogens with one attached hydrogen (secondary N) is 1. The van der Waals surface area contributed by atoms with Crippen molar-refractivity contribution >= 4 is 16.9 Å². The lowest BCUT2D eigenvalue weighted by atomic mass is 9.50. The number of carbonyl (C=O) groups is 1. The number of hydrogen-bond acceptors (Lipinski definition) is 2. The third-order valence-corrected chi connectivity index (χ3v) is 8.64. The minimum absolute atomic E-state index is 0.156. The Morgan fingerprint density at radius 1 is 1.15 bits per heavy atom. The molecule has 0 radical (unpaired) electrons. The van der Waals surface area contributed by atoms with Gasteiger partial charge in [-0.05, 0) is 82.7 Å². The van der Waals surface area contributed by atoms with Crippen LogP contribution in [-0.2, 0) is 23.1 Å². The molecule has 2 aromatic carbocycles. The van der Waals surface area contributed by atoms with Crippen molar-refractivity contribution in [3.05, 3.63) is 64.8 Å². The average Bonchev–Trinajstić information content (AvgIpc) is 3.15. The molecule has 0 spiro atoms. The number of para-hydroxylation sites is 1. The number of aromatic amines is 1. The first-order valence-corrected chi connectivity index (χ1v) is 12.6. The smallest absolute Gasteiger partial charge is 0.315 e. The number of fused-ring (bicyclic) bond motifs is 4. The van der Waals surface area contributed by atoms with Crippen molar-refractivity contribution < 1.29 is 9.53 Å². The van der Waals surface area contributed by atoms with Gasteiger partial charge in [0, 0.05) is 17.1 Å². The summed E-state index contributed by atoms with van der Waals surface area (Å²) in [5.41, 5.74) is 6.59. The Morgan fingerprint density at radius 3 is 2.73 bits per heavy atom. The van der Waals surface area contributed by atoms with Crippen molar-refractivity contribution in [2.75, 3.05) is 0 Å². The van der Waals surface area contributed by atoms with Crippen LogP contribution in [0.15, 0.2) is 42.6 Å². The molecule has 1 fully saturated rings. The van der Waals surface area contributed by atoms with Gasteiger partial charge >= 0.3 is 5.97 Å². The van der Waals surface area contributed by atoms with Crippen LogP contribution in [0.3, 0.4) is 0 Å². The fraction of sp³-hybridized carbons (Fsp3) is 0.500. The van der Waals surface area contributed by atoms with Crippen LogP contribution in [0.25, 0.3) is 10.9 Å². The van der Waals surface area contributed by atoms with E-state index >= 15 is 0 Å². The topological polar surface area (TPSA) is 42.1 Å². The normalized spacial score (nSPS) is 23.9. The molecule has 174 valence electrons. The highest BCUT2D eigenvalue weighted by Gasteiger charge is 2.50. The summed E-state index contributed by atoms with van der Waals surface area (Å²) in [6, 6.07) is 12.7. The maximum absolute atomic E-state index is 13.1. The molecule has 5 rings (SSSR count). The van der Waals surface area contributed by atoms with Crippen molar-refractivity contribution in [3.63, 3.8) is 0 Å². The van der Waals surface area contributed by atoms with Gasteiger partial charge in [-0.3, -0.25) is 4.79 Å². The lowest BCUT2D eigenvalue weighted by Gasteiger charge is -2.54. The number of esters is 1. The highest BCUT2D eigenvalue weighted by molar-refractivity contribution is 5.87. The Bertz CT molecular complexity index is 1200. The number of ether oxygens (including phenoxy) is 1. The summed E-state index contributed by atoms with van der Waals surface area (Å²) < 4.78 is 6.12. The zero-order chi connectivity index (χ0) is 23.4. The van der Waals surface area contributed by atoms with Gasteiger partial charge in [0.05, 0.1) is 6.42 Å². The maximum Gasteiger partial charge on any atom is 0.315 e. The van der Waals surface area contributed by atoms with Gasteiger partial charge in [-0.1, -0.05) is 65.3 Å². The van der Waals surface area contributed by atoms with Gasteiger partial charge in [0.2, 0.25) is 0 Å². The van der Waals surface area contributed by atoms with E-state index in [1.165, 1.54) is 36.8 Å². The molecule has 33 heavy (non-hydrogen) atoms. The molecule has 1 heterocycles. The summed E-state index contributed by atoms with van der Waals surface area (Å²) in [7, 11) is 0. The first-order valence-electron chi connectivity index (χ1n) is 12.6. The van der Waals surface area contributed by atoms with Crippen LogP contribution in [0.5, 0.6) is 5.75 Å². The number of rotatable bonds is 4. The molecular weight excluding hydrogens is 406 g/mol. The minimum Gasteiger partial charge on any atom is -0.426 e. The number of carbonyl (C=O) groups excluding carboxylic acids is 1. The molecule has 0 aliphatic heterocycles. The highest BCUT2D eigenvalue weighted by Crippen LogP contribution is 2.57. The van der Waals surface area contributed by atoms with Crippen molar-refractivity contribution in [2.45, 2.75) is 84.5 Å². The summed E-state index contributed by atoms with van der Waals surface area (Å²) in [6.07, 6.45) is 8.37. The predicted molar refractivity (Wildman–Crippen MR) is 135 cm³/mol. The zero-order valence-corrected chi connectivity index (χ0v) is 20.8. The number of aromatic nitrogens is 1. The largest absolute Gasteiger partial charge is 0.426 e. The number of hydrogen-bond donors (Lipinski definition) is 1. The molecular formula is C30H37NO2. The lowest BCUT2D eigenvalue weighted by molar-refractivity contribution is -0.133. The van der Waals surface area contributed by atoms with E-state index in [0.29, 0.717) is 17.3 Å². The van der Waals surface area contributed by atoms with Crippen molar-refractivity contribution in [1.82, 2.24) is 4.98 Å². The average molecular weight is 444 g/mol. The third kappa shape index (κ3) is 3.80. The van der Waals surface area contributed by atoms with E-state index in [4.69, 9.17) is 4.74 Å². The first-order chi connectivity index (χ1) is 15.7. The molecule has 3 heteroatoms. The van der Waals surface area contributed by atoms with Gasteiger partial charge in [0.15, 0.2) is 0 Å². The molecule has 1 aromatic heterocycles. The standard InChI is InChI=1S/C30H37NO2/c1-19(2)23-15-20-11-12-27-29(3,4)13-8-14-30(27,5)24(20)17-26(23)33-28(32)16-21-18-31-25-10-7-6-9-22(21)25/h6-7,9-10,15,17-19,27,31H,8,11-14,16H2,1-5H3/t27-,30+/m0/s1. The molecule has 1 N–H and O–H groups in total.